The van der Waals surface area contributed by atoms with Gasteiger partial charge in [0.15, 0.2) is 5.78 Å². The van der Waals surface area contributed by atoms with Crippen LogP contribution in [0.25, 0.3) is 0 Å². The van der Waals surface area contributed by atoms with Crippen molar-refractivity contribution in [3.8, 4) is 0 Å². The van der Waals surface area contributed by atoms with Crippen LogP contribution in [0.4, 0.5) is 0 Å². The molecular formula is C16H18N2O3. The van der Waals surface area contributed by atoms with Crippen molar-refractivity contribution >= 4 is 5.78 Å². The number of aryl methyl sites for hydroxylation is 2. The standard InChI is InChI=1S/C16H18N2O3/c1-10-5-6-11(2)13(7-10)8-18-9-14(12(3)19)15(20)17(4)16(18)21/h5-7,9H,8H2,1-4H3. The molecule has 1 heterocycles. The van der Waals surface area contributed by atoms with Gasteiger partial charge in [-0.2, -0.15) is 0 Å². The monoisotopic (exact) mass is 286 g/mol. The van der Waals surface area contributed by atoms with E-state index >= 15 is 0 Å². The average Bonchev–Trinajstić information content (AvgIpc) is 2.43. The van der Waals surface area contributed by atoms with E-state index in [1.165, 1.54) is 24.7 Å². The van der Waals surface area contributed by atoms with E-state index in [2.05, 4.69) is 0 Å². The molecule has 0 aliphatic carbocycles. The van der Waals surface area contributed by atoms with Crippen LogP contribution in [0.3, 0.4) is 0 Å². The van der Waals surface area contributed by atoms with Crippen molar-refractivity contribution in [2.24, 2.45) is 7.05 Å². The molecule has 1 aromatic heterocycles. The van der Waals surface area contributed by atoms with Gasteiger partial charge in [0, 0.05) is 13.2 Å². The van der Waals surface area contributed by atoms with E-state index in [1.54, 1.807) is 0 Å². The lowest BCUT2D eigenvalue weighted by Gasteiger charge is -2.12. The van der Waals surface area contributed by atoms with Crippen molar-refractivity contribution in [1.29, 1.82) is 0 Å². The lowest BCUT2D eigenvalue weighted by Crippen LogP contribution is -2.40. The number of aromatic nitrogens is 2. The van der Waals surface area contributed by atoms with Crippen LogP contribution in [0.15, 0.2) is 34.0 Å². The topological polar surface area (TPSA) is 61.1 Å². The average molecular weight is 286 g/mol. The molecule has 0 aliphatic rings. The SMILES string of the molecule is CC(=O)c1cn(Cc2cc(C)ccc2C)c(=O)n(C)c1=O. The molecule has 2 aromatic rings. The smallest absolute Gasteiger partial charge is 0.295 e. The van der Waals surface area contributed by atoms with Crippen LogP contribution >= 0.6 is 0 Å². The minimum absolute atomic E-state index is 0.0300. The van der Waals surface area contributed by atoms with Crippen molar-refractivity contribution in [2.75, 3.05) is 0 Å². The summed E-state index contributed by atoms with van der Waals surface area (Å²) >= 11 is 0. The molecule has 0 radical (unpaired) electrons. The Morgan fingerprint density at radius 1 is 1.19 bits per heavy atom. The molecule has 0 atom stereocenters. The quantitative estimate of drug-likeness (QED) is 0.802. The second kappa shape index (κ2) is 5.52. The van der Waals surface area contributed by atoms with Gasteiger partial charge in [-0.1, -0.05) is 23.8 Å². The van der Waals surface area contributed by atoms with Crippen LogP contribution in [-0.4, -0.2) is 14.9 Å². The Kier molecular flexibility index (Phi) is 3.93. The highest BCUT2D eigenvalue weighted by Crippen LogP contribution is 2.11. The molecule has 0 aliphatic heterocycles. The van der Waals surface area contributed by atoms with Crippen LogP contribution in [-0.2, 0) is 13.6 Å². The predicted octanol–water partition coefficient (Wildman–Crippen LogP) is 1.41. The van der Waals surface area contributed by atoms with Gasteiger partial charge in [0.2, 0.25) is 0 Å². The molecule has 5 nitrogen and oxygen atoms in total. The van der Waals surface area contributed by atoms with Gasteiger partial charge >= 0.3 is 5.69 Å². The number of Topliss-reactive ketones (excluding diaryl/α,β-unsaturated/α-hetero) is 1. The van der Waals surface area contributed by atoms with E-state index in [-0.39, 0.29) is 11.3 Å². The number of hydrogen-bond donors (Lipinski definition) is 0. The first-order valence-electron chi connectivity index (χ1n) is 6.69. The first-order valence-corrected chi connectivity index (χ1v) is 6.69. The van der Waals surface area contributed by atoms with Gasteiger partial charge in [-0.15, -0.1) is 0 Å². The highest BCUT2D eigenvalue weighted by Gasteiger charge is 2.13. The van der Waals surface area contributed by atoms with Crippen LogP contribution < -0.4 is 11.2 Å². The van der Waals surface area contributed by atoms with Crippen molar-refractivity contribution in [3.63, 3.8) is 0 Å². The van der Waals surface area contributed by atoms with Gasteiger partial charge in [-0.25, -0.2) is 4.79 Å². The lowest BCUT2D eigenvalue weighted by molar-refractivity contribution is 0.101. The van der Waals surface area contributed by atoms with E-state index < -0.39 is 11.2 Å². The summed E-state index contributed by atoms with van der Waals surface area (Å²) < 4.78 is 2.38. The molecule has 21 heavy (non-hydrogen) atoms. The molecule has 0 amide bonds. The fourth-order valence-corrected chi connectivity index (χ4v) is 2.24. The van der Waals surface area contributed by atoms with Crippen molar-refractivity contribution in [2.45, 2.75) is 27.3 Å². The molecule has 2 rings (SSSR count). The van der Waals surface area contributed by atoms with E-state index in [4.69, 9.17) is 0 Å². The number of hydrogen-bond acceptors (Lipinski definition) is 3. The molecule has 0 fully saturated rings. The molecule has 1 aromatic carbocycles. The van der Waals surface area contributed by atoms with E-state index in [1.807, 2.05) is 32.0 Å². The van der Waals surface area contributed by atoms with Gasteiger partial charge in [-0.3, -0.25) is 18.7 Å². The number of nitrogens with zero attached hydrogens (tertiary/aromatic N) is 2. The van der Waals surface area contributed by atoms with Crippen LogP contribution in [0.1, 0.15) is 34.0 Å². The third-order valence-electron chi connectivity index (χ3n) is 3.58. The summed E-state index contributed by atoms with van der Waals surface area (Å²) in [5.74, 6) is -0.342. The molecule has 0 bridgehead atoms. The fraction of sp³-hybridized carbons (Fsp3) is 0.312. The number of carbonyl (C=O) groups is 1. The highest BCUT2D eigenvalue weighted by molar-refractivity contribution is 5.93. The summed E-state index contributed by atoms with van der Waals surface area (Å²) in [6.07, 6.45) is 1.36. The Balaban J connectivity index is 2.60. The highest BCUT2D eigenvalue weighted by atomic mass is 16.2. The zero-order valence-electron chi connectivity index (χ0n) is 12.6. The molecule has 5 heteroatoms. The summed E-state index contributed by atoms with van der Waals surface area (Å²) in [6.45, 7) is 5.60. The Bertz CT molecular complexity index is 828. The number of benzene rings is 1. The summed E-state index contributed by atoms with van der Waals surface area (Å²) in [5.41, 5.74) is 2.20. The van der Waals surface area contributed by atoms with Crippen LogP contribution in [0.2, 0.25) is 0 Å². The van der Waals surface area contributed by atoms with Crippen molar-refractivity contribution in [1.82, 2.24) is 9.13 Å². The minimum Gasteiger partial charge on any atom is -0.295 e. The largest absolute Gasteiger partial charge is 0.331 e. The first-order chi connectivity index (χ1) is 9.81. The number of ketones is 1. The Hall–Kier alpha value is -2.43. The molecule has 110 valence electrons. The van der Waals surface area contributed by atoms with Crippen LogP contribution in [0.5, 0.6) is 0 Å². The summed E-state index contributed by atoms with van der Waals surface area (Å²) in [5, 5.41) is 0. The van der Waals surface area contributed by atoms with Gasteiger partial charge in [0.1, 0.15) is 0 Å². The molecule has 0 saturated carbocycles. The van der Waals surface area contributed by atoms with Gasteiger partial charge in [0.05, 0.1) is 12.1 Å². The van der Waals surface area contributed by atoms with Crippen molar-refractivity contribution in [3.05, 3.63) is 67.5 Å². The summed E-state index contributed by atoms with van der Waals surface area (Å²) in [7, 11) is 1.39. The predicted molar refractivity (Wildman–Crippen MR) is 81.0 cm³/mol. The Labute approximate surface area is 122 Å². The zero-order valence-corrected chi connectivity index (χ0v) is 12.6. The Morgan fingerprint density at radius 3 is 2.48 bits per heavy atom. The lowest BCUT2D eigenvalue weighted by atomic mass is 10.1. The second-order valence-electron chi connectivity index (χ2n) is 5.30. The first kappa shape index (κ1) is 15.0. The summed E-state index contributed by atoms with van der Waals surface area (Å²) in [6, 6.07) is 5.99. The van der Waals surface area contributed by atoms with Gasteiger partial charge < -0.3 is 0 Å². The zero-order chi connectivity index (χ0) is 15.7. The third kappa shape index (κ3) is 2.86. The number of carbonyl (C=O) groups excluding carboxylic acids is 1. The van der Waals surface area contributed by atoms with E-state index in [0.29, 0.717) is 6.54 Å². The molecule has 0 unspecified atom stereocenters. The number of rotatable bonds is 3. The molecule has 0 saturated heterocycles. The second-order valence-corrected chi connectivity index (χ2v) is 5.30. The van der Waals surface area contributed by atoms with Gasteiger partial charge in [0.25, 0.3) is 5.56 Å². The molecule has 0 N–H and O–H groups in total. The maximum atomic E-state index is 12.2. The normalized spacial score (nSPS) is 10.7. The van der Waals surface area contributed by atoms with E-state index in [0.717, 1.165) is 21.3 Å². The minimum atomic E-state index is -0.551. The molecule has 0 spiro atoms. The van der Waals surface area contributed by atoms with Crippen molar-refractivity contribution < 1.29 is 4.79 Å². The van der Waals surface area contributed by atoms with E-state index in [9.17, 15) is 14.4 Å². The summed E-state index contributed by atoms with van der Waals surface area (Å²) in [4.78, 5) is 35.6. The third-order valence-corrected chi connectivity index (χ3v) is 3.58. The maximum absolute atomic E-state index is 12.2. The van der Waals surface area contributed by atoms with Gasteiger partial charge in [-0.05, 0) is 31.9 Å². The fourth-order valence-electron chi connectivity index (χ4n) is 2.24. The molecular weight excluding hydrogens is 268 g/mol. The Morgan fingerprint density at radius 2 is 1.86 bits per heavy atom. The van der Waals surface area contributed by atoms with Crippen LogP contribution in [0, 0.1) is 13.8 Å². The maximum Gasteiger partial charge on any atom is 0.331 e.